The molecule has 1 aliphatic heterocycles. The van der Waals surface area contributed by atoms with E-state index < -0.39 is 0 Å². The van der Waals surface area contributed by atoms with Crippen molar-refractivity contribution in [3.8, 4) is 6.07 Å². The van der Waals surface area contributed by atoms with Crippen LogP contribution in [0.4, 0.5) is 0 Å². The van der Waals surface area contributed by atoms with Crippen LogP contribution in [0.3, 0.4) is 0 Å². The molecule has 3 rings (SSSR count). The molecule has 0 N–H and O–H groups in total. The minimum Gasteiger partial charge on any atom is -0.380 e. The monoisotopic (exact) mass is 284 g/mol. The molecule has 2 fully saturated rings. The predicted octanol–water partition coefficient (Wildman–Crippen LogP) is 3.18. The fourth-order valence-corrected chi connectivity index (χ4v) is 3.83. The van der Waals surface area contributed by atoms with Gasteiger partial charge in [-0.05, 0) is 37.2 Å². The molecule has 0 bridgehead atoms. The molecule has 1 aromatic rings. The first-order valence-electron chi connectivity index (χ1n) is 8.15. The summed E-state index contributed by atoms with van der Waals surface area (Å²) < 4.78 is 5.57. The van der Waals surface area contributed by atoms with Gasteiger partial charge in [0.15, 0.2) is 0 Å². The van der Waals surface area contributed by atoms with Gasteiger partial charge in [0.05, 0.1) is 18.6 Å². The molecular formula is C18H24N2O. The lowest BCUT2D eigenvalue weighted by molar-refractivity contribution is 0.101. The molecule has 0 amide bonds. The highest BCUT2D eigenvalue weighted by atomic mass is 16.5. The average molecular weight is 284 g/mol. The molecule has 1 saturated carbocycles. The third-order valence-electron chi connectivity index (χ3n) is 4.98. The Labute approximate surface area is 127 Å². The lowest BCUT2D eigenvalue weighted by Crippen LogP contribution is -2.44. The van der Waals surface area contributed by atoms with Crippen LogP contribution in [-0.4, -0.2) is 37.2 Å². The van der Waals surface area contributed by atoms with Crippen molar-refractivity contribution in [2.45, 2.75) is 37.6 Å². The normalized spacial score (nSPS) is 31.3. The van der Waals surface area contributed by atoms with Gasteiger partial charge in [-0.15, -0.1) is 0 Å². The number of benzene rings is 1. The van der Waals surface area contributed by atoms with Crippen LogP contribution in [0.5, 0.6) is 0 Å². The molecule has 2 aliphatic rings. The summed E-state index contributed by atoms with van der Waals surface area (Å²) in [5.74, 6) is 0.785. The highest BCUT2D eigenvalue weighted by molar-refractivity contribution is 5.21. The van der Waals surface area contributed by atoms with Crippen LogP contribution in [0, 0.1) is 17.2 Å². The minimum atomic E-state index is 0.183. The van der Waals surface area contributed by atoms with Crippen LogP contribution in [0.25, 0.3) is 0 Å². The Hall–Kier alpha value is -1.37. The Bertz CT molecular complexity index is 474. The molecule has 3 atom stereocenters. The Kier molecular flexibility index (Phi) is 4.90. The van der Waals surface area contributed by atoms with E-state index >= 15 is 0 Å². The minimum absolute atomic E-state index is 0.183. The van der Waals surface area contributed by atoms with E-state index in [1.807, 2.05) is 0 Å². The van der Waals surface area contributed by atoms with E-state index in [1.54, 1.807) is 0 Å². The van der Waals surface area contributed by atoms with Crippen LogP contribution < -0.4 is 0 Å². The second-order valence-electron chi connectivity index (χ2n) is 6.23. The van der Waals surface area contributed by atoms with Gasteiger partial charge in [-0.25, -0.2) is 0 Å². The van der Waals surface area contributed by atoms with Gasteiger partial charge in [0.2, 0.25) is 0 Å². The maximum Gasteiger partial charge on any atom is 0.0672 e. The van der Waals surface area contributed by atoms with E-state index in [-0.39, 0.29) is 5.92 Å². The predicted molar refractivity (Wildman–Crippen MR) is 82.9 cm³/mol. The van der Waals surface area contributed by atoms with Crippen molar-refractivity contribution in [2.24, 2.45) is 5.92 Å². The molecule has 112 valence electrons. The lowest BCUT2D eigenvalue weighted by Gasteiger charge is -2.40. The quantitative estimate of drug-likeness (QED) is 0.837. The summed E-state index contributed by atoms with van der Waals surface area (Å²) in [6.45, 7) is 3.72. The molecule has 1 aromatic carbocycles. The standard InChI is InChI=1S/C18H24N2O/c19-14-17-8-7-16(15-5-2-1-3-6-15)13-18(17)20-9-4-11-21-12-10-20/h1-3,5-6,16-18H,4,7-13H2. The Morgan fingerprint density at radius 2 is 1.95 bits per heavy atom. The van der Waals surface area contributed by atoms with E-state index in [2.05, 4.69) is 41.3 Å². The lowest BCUT2D eigenvalue weighted by atomic mass is 9.75. The molecule has 3 heteroatoms. The number of nitrogens with zero attached hydrogens (tertiary/aromatic N) is 2. The first-order valence-corrected chi connectivity index (χ1v) is 8.15. The molecular weight excluding hydrogens is 260 g/mol. The van der Waals surface area contributed by atoms with E-state index in [1.165, 1.54) is 5.56 Å². The van der Waals surface area contributed by atoms with Gasteiger partial charge in [0, 0.05) is 25.7 Å². The van der Waals surface area contributed by atoms with Crippen LogP contribution in [0.15, 0.2) is 30.3 Å². The van der Waals surface area contributed by atoms with E-state index in [9.17, 15) is 5.26 Å². The highest BCUT2D eigenvalue weighted by Gasteiger charge is 2.35. The van der Waals surface area contributed by atoms with Gasteiger partial charge in [-0.3, -0.25) is 4.90 Å². The van der Waals surface area contributed by atoms with Crippen molar-refractivity contribution < 1.29 is 4.74 Å². The van der Waals surface area contributed by atoms with E-state index in [4.69, 9.17) is 4.74 Å². The molecule has 0 radical (unpaired) electrons. The van der Waals surface area contributed by atoms with Crippen LogP contribution >= 0.6 is 0 Å². The van der Waals surface area contributed by atoms with Crippen LogP contribution in [0.2, 0.25) is 0 Å². The summed E-state index contributed by atoms with van der Waals surface area (Å²) in [4.78, 5) is 2.51. The first-order chi connectivity index (χ1) is 10.4. The number of hydrogen-bond acceptors (Lipinski definition) is 3. The van der Waals surface area contributed by atoms with Crippen molar-refractivity contribution in [1.29, 1.82) is 5.26 Å². The first kappa shape index (κ1) is 14.6. The summed E-state index contributed by atoms with van der Waals surface area (Å²) in [5.41, 5.74) is 1.44. The van der Waals surface area contributed by atoms with Crippen molar-refractivity contribution in [3.05, 3.63) is 35.9 Å². The number of rotatable bonds is 2. The van der Waals surface area contributed by atoms with Crippen LogP contribution in [-0.2, 0) is 4.74 Å². The van der Waals surface area contributed by atoms with Crippen molar-refractivity contribution in [1.82, 2.24) is 4.90 Å². The molecule has 3 nitrogen and oxygen atoms in total. The highest BCUT2D eigenvalue weighted by Crippen LogP contribution is 2.38. The third kappa shape index (κ3) is 3.45. The molecule has 0 aromatic heterocycles. The fourth-order valence-electron chi connectivity index (χ4n) is 3.83. The number of hydrogen-bond donors (Lipinski definition) is 0. The maximum absolute atomic E-state index is 9.51. The average Bonchev–Trinajstić information content (AvgIpc) is 2.84. The van der Waals surface area contributed by atoms with Gasteiger partial charge >= 0.3 is 0 Å². The Balaban J connectivity index is 1.74. The third-order valence-corrected chi connectivity index (χ3v) is 4.98. The number of nitriles is 1. The van der Waals surface area contributed by atoms with Crippen molar-refractivity contribution >= 4 is 0 Å². The van der Waals surface area contributed by atoms with E-state index in [0.717, 1.165) is 52.0 Å². The molecule has 3 unspecified atom stereocenters. The Morgan fingerprint density at radius 3 is 2.76 bits per heavy atom. The zero-order valence-electron chi connectivity index (χ0n) is 12.6. The van der Waals surface area contributed by atoms with Gasteiger partial charge in [-0.1, -0.05) is 30.3 Å². The molecule has 1 aliphatic carbocycles. The van der Waals surface area contributed by atoms with E-state index in [0.29, 0.717) is 12.0 Å². The topological polar surface area (TPSA) is 36.3 Å². The second-order valence-corrected chi connectivity index (χ2v) is 6.23. The molecule has 21 heavy (non-hydrogen) atoms. The van der Waals surface area contributed by atoms with Crippen LogP contribution in [0.1, 0.15) is 37.2 Å². The van der Waals surface area contributed by atoms with Gasteiger partial charge < -0.3 is 4.74 Å². The zero-order valence-corrected chi connectivity index (χ0v) is 12.6. The summed E-state index contributed by atoms with van der Waals surface area (Å²) in [6, 6.07) is 13.8. The summed E-state index contributed by atoms with van der Waals surface area (Å²) in [6.07, 6.45) is 4.37. The smallest absolute Gasteiger partial charge is 0.0672 e. The Morgan fingerprint density at radius 1 is 1.10 bits per heavy atom. The van der Waals surface area contributed by atoms with Crippen molar-refractivity contribution in [3.63, 3.8) is 0 Å². The maximum atomic E-state index is 9.51. The summed E-state index contributed by atoms with van der Waals surface area (Å²) >= 11 is 0. The summed E-state index contributed by atoms with van der Waals surface area (Å²) in [7, 11) is 0. The van der Waals surface area contributed by atoms with Gasteiger partial charge in [-0.2, -0.15) is 5.26 Å². The molecule has 0 spiro atoms. The zero-order chi connectivity index (χ0) is 14.5. The van der Waals surface area contributed by atoms with Crippen molar-refractivity contribution in [2.75, 3.05) is 26.3 Å². The number of ether oxygens (including phenoxy) is 1. The summed E-state index contributed by atoms with van der Waals surface area (Å²) in [5, 5.41) is 9.51. The van der Waals surface area contributed by atoms with Gasteiger partial charge in [0.1, 0.15) is 0 Å². The fraction of sp³-hybridized carbons (Fsp3) is 0.611. The molecule has 1 heterocycles. The largest absolute Gasteiger partial charge is 0.380 e. The SMILES string of the molecule is N#CC1CCC(c2ccccc2)CC1N1CCCOCC1. The van der Waals surface area contributed by atoms with Gasteiger partial charge in [0.25, 0.3) is 0 Å². The molecule has 1 saturated heterocycles. The second kappa shape index (κ2) is 7.06.